The van der Waals surface area contributed by atoms with E-state index < -0.39 is 41.8 Å². The van der Waals surface area contributed by atoms with E-state index in [2.05, 4.69) is 10.1 Å². The zero-order valence-corrected chi connectivity index (χ0v) is 10.7. The Balaban J connectivity index is 2.50. The van der Waals surface area contributed by atoms with Crippen LogP contribution in [0, 0.1) is 11.6 Å². The Hall–Kier alpha value is -2.13. The zero-order chi connectivity index (χ0) is 16.5. The first-order valence-electron chi connectivity index (χ1n) is 5.85. The lowest BCUT2D eigenvalue weighted by Crippen LogP contribution is -2.44. The highest BCUT2D eigenvalue weighted by molar-refractivity contribution is 5.25. The first-order valence-corrected chi connectivity index (χ1v) is 5.85. The van der Waals surface area contributed by atoms with E-state index in [0.29, 0.717) is 16.8 Å². The number of alkyl halides is 5. The second-order valence-electron chi connectivity index (χ2n) is 4.46. The molecule has 0 aliphatic heterocycles. The first kappa shape index (κ1) is 16.2. The average Bonchev–Trinajstić information content (AvgIpc) is 2.88. The van der Waals surface area contributed by atoms with Crippen LogP contribution in [-0.2, 0) is 6.54 Å². The van der Waals surface area contributed by atoms with E-state index in [1.807, 2.05) is 0 Å². The maximum atomic E-state index is 13.7. The summed E-state index contributed by atoms with van der Waals surface area (Å²) in [6, 6.07) is 1.42. The Labute approximate surface area is 119 Å². The average molecular weight is 327 g/mol. The summed E-state index contributed by atoms with van der Waals surface area (Å²) in [5, 5.41) is 3.43. The van der Waals surface area contributed by atoms with Gasteiger partial charge in [-0.05, 0) is 11.6 Å². The van der Waals surface area contributed by atoms with Gasteiger partial charge in [-0.3, -0.25) is 4.68 Å². The molecule has 0 saturated carbocycles. The highest BCUT2D eigenvalue weighted by Gasteiger charge is 2.63. The van der Waals surface area contributed by atoms with Crippen molar-refractivity contribution in [3.05, 3.63) is 48.1 Å². The number of aromatic nitrogens is 3. The molecule has 120 valence electrons. The number of hydrogen-bond acceptors (Lipinski definition) is 2. The van der Waals surface area contributed by atoms with E-state index in [9.17, 15) is 30.7 Å². The van der Waals surface area contributed by atoms with Crippen LogP contribution in [0.2, 0.25) is 0 Å². The molecule has 1 unspecified atom stereocenters. The Bertz CT molecular complexity index is 637. The molecular weight excluding hydrogens is 319 g/mol. The number of nitrogens with zero attached hydrogens (tertiary/aromatic N) is 3. The van der Waals surface area contributed by atoms with Crippen LogP contribution in [-0.4, -0.2) is 26.9 Å². The van der Waals surface area contributed by atoms with Gasteiger partial charge in [-0.25, -0.2) is 13.8 Å². The fourth-order valence-electron chi connectivity index (χ4n) is 1.90. The predicted molar refractivity (Wildman–Crippen MR) is 60.1 cm³/mol. The third-order valence-electron chi connectivity index (χ3n) is 2.99. The van der Waals surface area contributed by atoms with Crippen molar-refractivity contribution in [2.24, 2.45) is 0 Å². The van der Waals surface area contributed by atoms with E-state index in [1.54, 1.807) is 0 Å². The van der Waals surface area contributed by atoms with Gasteiger partial charge in [0.15, 0.2) is 0 Å². The summed E-state index contributed by atoms with van der Waals surface area (Å²) in [6.45, 7) is -0.977. The number of hydrogen-bond donors (Lipinski definition) is 0. The van der Waals surface area contributed by atoms with Crippen molar-refractivity contribution < 1.29 is 30.7 Å². The van der Waals surface area contributed by atoms with Gasteiger partial charge < -0.3 is 0 Å². The first-order chi connectivity index (χ1) is 10.1. The molecule has 3 nitrogen and oxygen atoms in total. The van der Waals surface area contributed by atoms with Gasteiger partial charge >= 0.3 is 12.1 Å². The van der Waals surface area contributed by atoms with E-state index in [4.69, 9.17) is 0 Å². The van der Waals surface area contributed by atoms with E-state index in [0.717, 1.165) is 12.7 Å². The van der Waals surface area contributed by atoms with Gasteiger partial charge in [-0.15, -0.1) is 0 Å². The van der Waals surface area contributed by atoms with Crippen LogP contribution in [0.3, 0.4) is 0 Å². The minimum absolute atomic E-state index is 0.246. The Morgan fingerprint density at radius 2 is 1.77 bits per heavy atom. The fourth-order valence-corrected chi connectivity index (χ4v) is 1.90. The largest absolute Gasteiger partial charge is 0.453 e. The second kappa shape index (κ2) is 5.58. The lowest BCUT2D eigenvalue weighted by atomic mass is 9.91. The van der Waals surface area contributed by atoms with Crippen LogP contribution in [0.4, 0.5) is 30.7 Å². The summed E-state index contributed by atoms with van der Waals surface area (Å²) in [5.74, 6) is -10.4. The smallest absolute Gasteiger partial charge is 0.252 e. The monoisotopic (exact) mass is 327 g/mol. The topological polar surface area (TPSA) is 30.7 Å². The molecule has 0 N–H and O–H groups in total. The molecule has 0 bridgehead atoms. The summed E-state index contributed by atoms with van der Waals surface area (Å²) < 4.78 is 92.5. The summed E-state index contributed by atoms with van der Waals surface area (Å²) in [7, 11) is 0. The van der Waals surface area contributed by atoms with Gasteiger partial charge in [0.05, 0.1) is 12.5 Å². The molecule has 0 aliphatic rings. The fraction of sp³-hybridized carbons (Fsp3) is 0.333. The summed E-state index contributed by atoms with van der Waals surface area (Å²) >= 11 is 0. The van der Waals surface area contributed by atoms with Crippen molar-refractivity contribution in [1.82, 2.24) is 14.8 Å². The van der Waals surface area contributed by atoms with Crippen LogP contribution in [0.15, 0.2) is 30.9 Å². The lowest BCUT2D eigenvalue weighted by molar-refractivity contribution is -0.292. The number of halogens is 7. The highest BCUT2D eigenvalue weighted by Crippen LogP contribution is 2.47. The predicted octanol–water partition coefficient (Wildman–Crippen LogP) is 3.54. The van der Waals surface area contributed by atoms with Crippen molar-refractivity contribution >= 4 is 0 Å². The van der Waals surface area contributed by atoms with Crippen molar-refractivity contribution in [2.45, 2.75) is 24.6 Å². The minimum Gasteiger partial charge on any atom is -0.252 e. The van der Waals surface area contributed by atoms with Crippen molar-refractivity contribution in [3.63, 3.8) is 0 Å². The molecule has 1 heterocycles. The molecule has 2 aromatic rings. The van der Waals surface area contributed by atoms with Crippen LogP contribution in [0.1, 0.15) is 11.5 Å². The van der Waals surface area contributed by atoms with Crippen LogP contribution < -0.4 is 0 Å². The zero-order valence-electron chi connectivity index (χ0n) is 10.7. The molecular formula is C12H8F7N3. The number of rotatable bonds is 4. The highest BCUT2D eigenvalue weighted by atomic mass is 19.4. The normalized spacial score (nSPS) is 14.1. The van der Waals surface area contributed by atoms with Crippen LogP contribution in [0.25, 0.3) is 0 Å². The van der Waals surface area contributed by atoms with Gasteiger partial charge in [0.1, 0.15) is 24.3 Å². The summed E-state index contributed by atoms with van der Waals surface area (Å²) in [5.41, 5.74) is -0.959. The van der Waals surface area contributed by atoms with Gasteiger partial charge in [0, 0.05) is 6.07 Å². The Morgan fingerprint density at radius 3 is 2.27 bits per heavy atom. The molecule has 0 fully saturated rings. The second-order valence-corrected chi connectivity index (χ2v) is 4.46. The standard InChI is InChI=1S/C12H8F7N3/c13-7-1-2-8(10(14)3-7)9(4-22-6-20-5-21-22)11(15,16)12(17,18)19/h1-3,5-6,9H,4H2. The van der Waals surface area contributed by atoms with Gasteiger partial charge in [-0.1, -0.05) is 6.07 Å². The van der Waals surface area contributed by atoms with Gasteiger partial charge in [-0.2, -0.15) is 27.1 Å². The molecule has 0 spiro atoms. The molecule has 0 amide bonds. The number of benzene rings is 1. The van der Waals surface area contributed by atoms with Crippen molar-refractivity contribution in [3.8, 4) is 0 Å². The van der Waals surface area contributed by atoms with Crippen LogP contribution in [0.5, 0.6) is 0 Å². The lowest BCUT2D eigenvalue weighted by Gasteiger charge is -2.29. The Kier molecular flexibility index (Phi) is 4.12. The Morgan fingerprint density at radius 1 is 1.09 bits per heavy atom. The molecule has 1 aromatic heterocycles. The van der Waals surface area contributed by atoms with Gasteiger partial charge in [0.2, 0.25) is 0 Å². The SMILES string of the molecule is Fc1ccc(C(Cn2cncn2)C(F)(F)C(F)(F)F)c(F)c1. The molecule has 2 rings (SSSR count). The maximum absolute atomic E-state index is 13.7. The van der Waals surface area contributed by atoms with Crippen molar-refractivity contribution in [1.29, 1.82) is 0 Å². The molecule has 0 saturated heterocycles. The minimum atomic E-state index is -5.90. The van der Waals surface area contributed by atoms with E-state index in [1.165, 1.54) is 0 Å². The quantitative estimate of drug-likeness (QED) is 0.804. The van der Waals surface area contributed by atoms with E-state index in [-0.39, 0.29) is 6.07 Å². The third-order valence-corrected chi connectivity index (χ3v) is 2.99. The third kappa shape index (κ3) is 3.04. The molecule has 1 atom stereocenters. The molecule has 0 aliphatic carbocycles. The van der Waals surface area contributed by atoms with Crippen LogP contribution >= 0.6 is 0 Å². The summed E-state index contributed by atoms with van der Waals surface area (Å²) in [4.78, 5) is 3.42. The van der Waals surface area contributed by atoms with E-state index >= 15 is 0 Å². The maximum Gasteiger partial charge on any atom is 0.453 e. The molecule has 22 heavy (non-hydrogen) atoms. The van der Waals surface area contributed by atoms with Crippen molar-refractivity contribution in [2.75, 3.05) is 0 Å². The summed E-state index contributed by atoms with van der Waals surface area (Å²) in [6.07, 6.45) is -4.05. The van der Waals surface area contributed by atoms with Gasteiger partial charge in [0.25, 0.3) is 0 Å². The molecule has 1 aromatic carbocycles. The molecule has 10 heteroatoms. The molecule has 0 radical (unpaired) electrons.